The Bertz CT molecular complexity index is 481. The van der Waals surface area contributed by atoms with Gasteiger partial charge in [-0.05, 0) is 31.0 Å². The Labute approximate surface area is 123 Å². The van der Waals surface area contributed by atoms with Crippen molar-refractivity contribution in [2.45, 2.75) is 38.1 Å². The Kier molecular flexibility index (Phi) is 5.38. The number of hydrogen-bond acceptors (Lipinski definition) is 2. The zero-order valence-electron chi connectivity index (χ0n) is 11.2. The predicted octanol–water partition coefficient (Wildman–Crippen LogP) is 3.15. The van der Waals surface area contributed by atoms with Gasteiger partial charge in [0.2, 0.25) is 0 Å². The van der Waals surface area contributed by atoms with Crippen LogP contribution >= 0.6 is 11.6 Å². The highest BCUT2D eigenvalue weighted by atomic mass is 35.5. The van der Waals surface area contributed by atoms with E-state index in [1.54, 1.807) is 0 Å². The molecular weight excluding hydrogens is 281 g/mol. The second kappa shape index (κ2) is 7.04. The fraction of sp³-hybridized carbons (Fsp3) is 0.533. The maximum absolute atomic E-state index is 13.0. The van der Waals surface area contributed by atoms with Crippen LogP contribution in [0.2, 0.25) is 5.02 Å². The predicted molar refractivity (Wildman–Crippen MR) is 76.3 cm³/mol. The number of aliphatic hydroxyl groups is 1. The molecule has 1 aliphatic rings. The number of carbonyl (C=O) groups is 1. The number of carbonyl (C=O) groups excluding carboxylic acids is 1. The lowest BCUT2D eigenvalue weighted by atomic mass is 9.95. The monoisotopic (exact) mass is 299 g/mol. The van der Waals surface area contributed by atoms with Gasteiger partial charge in [0.05, 0.1) is 10.6 Å². The van der Waals surface area contributed by atoms with Gasteiger partial charge in [-0.2, -0.15) is 0 Å². The number of aliphatic hydroxyl groups excluding tert-OH is 1. The smallest absolute Gasteiger partial charge is 0.253 e. The molecule has 2 atom stereocenters. The van der Waals surface area contributed by atoms with Crippen molar-refractivity contribution in [2.75, 3.05) is 6.61 Å². The van der Waals surface area contributed by atoms with Crippen molar-refractivity contribution in [2.24, 2.45) is 5.92 Å². The van der Waals surface area contributed by atoms with Gasteiger partial charge < -0.3 is 10.4 Å². The van der Waals surface area contributed by atoms with Crippen LogP contribution in [0.1, 0.15) is 42.5 Å². The number of nitrogens with one attached hydrogen (secondary N) is 1. The Morgan fingerprint density at radius 1 is 1.35 bits per heavy atom. The highest BCUT2D eigenvalue weighted by Crippen LogP contribution is 2.24. The van der Waals surface area contributed by atoms with Crippen LogP contribution in [0.3, 0.4) is 0 Å². The van der Waals surface area contributed by atoms with Crippen molar-refractivity contribution in [3.63, 3.8) is 0 Å². The number of halogens is 2. The first kappa shape index (κ1) is 15.3. The van der Waals surface area contributed by atoms with E-state index in [2.05, 4.69) is 5.32 Å². The van der Waals surface area contributed by atoms with Crippen molar-refractivity contribution in [3.05, 3.63) is 34.6 Å². The number of hydrogen-bond donors (Lipinski definition) is 2. The number of amides is 1. The maximum Gasteiger partial charge on any atom is 0.253 e. The summed E-state index contributed by atoms with van der Waals surface area (Å²) >= 11 is 5.89. The second-order valence-corrected chi connectivity index (χ2v) is 5.69. The van der Waals surface area contributed by atoms with Crippen LogP contribution in [0.25, 0.3) is 0 Å². The van der Waals surface area contributed by atoms with Crippen LogP contribution in [-0.4, -0.2) is 23.7 Å². The first-order chi connectivity index (χ1) is 9.61. The summed E-state index contributed by atoms with van der Waals surface area (Å²) in [6.45, 7) is 0.0715. The normalized spacial score (nSPS) is 23.1. The highest BCUT2D eigenvalue weighted by molar-refractivity contribution is 6.33. The molecule has 0 radical (unpaired) electrons. The minimum absolute atomic E-state index is 0.0453. The lowest BCUT2D eigenvalue weighted by Crippen LogP contribution is -2.41. The van der Waals surface area contributed by atoms with Crippen LogP contribution in [0.5, 0.6) is 0 Å². The van der Waals surface area contributed by atoms with Gasteiger partial charge in [-0.3, -0.25) is 4.79 Å². The van der Waals surface area contributed by atoms with Crippen molar-refractivity contribution < 1.29 is 14.3 Å². The van der Waals surface area contributed by atoms with Gasteiger partial charge in [0.25, 0.3) is 5.91 Å². The van der Waals surface area contributed by atoms with Crippen molar-refractivity contribution >= 4 is 17.5 Å². The maximum atomic E-state index is 13.0. The third kappa shape index (κ3) is 3.70. The van der Waals surface area contributed by atoms with Gasteiger partial charge in [-0.15, -0.1) is 0 Å². The summed E-state index contributed by atoms with van der Waals surface area (Å²) in [5, 5.41) is 12.5. The van der Waals surface area contributed by atoms with E-state index >= 15 is 0 Å². The van der Waals surface area contributed by atoms with E-state index in [1.807, 2.05) is 0 Å². The molecule has 0 heterocycles. The van der Waals surface area contributed by atoms with Gasteiger partial charge in [0.15, 0.2) is 0 Å². The van der Waals surface area contributed by atoms with Gasteiger partial charge in [-0.1, -0.05) is 30.9 Å². The lowest BCUT2D eigenvalue weighted by molar-refractivity contribution is 0.0899. The molecule has 1 aliphatic carbocycles. The van der Waals surface area contributed by atoms with E-state index in [0.29, 0.717) is 0 Å². The van der Waals surface area contributed by atoms with Gasteiger partial charge in [-0.25, -0.2) is 4.39 Å². The minimum atomic E-state index is -0.464. The third-order valence-corrected chi connectivity index (χ3v) is 4.20. The van der Waals surface area contributed by atoms with E-state index in [0.717, 1.165) is 38.2 Å². The Hall–Kier alpha value is -1.13. The molecule has 20 heavy (non-hydrogen) atoms. The van der Waals surface area contributed by atoms with Crippen molar-refractivity contribution in [1.82, 2.24) is 5.32 Å². The van der Waals surface area contributed by atoms with Crippen LogP contribution in [0, 0.1) is 11.7 Å². The zero-order valence-corrected chi connectivity index (χ0v) is 12.0. The summed E-state index contributed by atoms with van der Waals surface area (Å²) in [6, 6.07) is 3.69. The van der Waals surface area contributed by atoms with Gasteiger partial charge in [0, 0.05) is 18.6 Å². The molecule has 0 saturated heterocycles. The number of rotatable bonds is 3. The Morgan fingerprint density at radius 2 is 2.10 bits per heavy atom. The molecule has 0 bridgehead atoms. The molecule has 1 fully saturated rings. The van der Waals surface area contributed by atoms with Gasteiger partial charge in [0.1, 0.15) is 5.82 Å². The molecule has 2 unspecified atom stereocenters. The molecule has 110 valence electrons. The average Bonchev–Trinajstić information content (AvgIpc) is 2.63. The molecule has 0 aliphatic heterocycles. The minimum Gasteiger partial charge on any atom is -0.396 e. The molecule has 0 aromatic heterocycles. The molecule has 2 rings (SSSR count). The Morgan fingerprint density at radius 3 is 2.80 bits per heavy atom. The van der Waals surface area contributed by atoms with E-state index < -0.39 is 5.82 Å². The molecule has 5 heteroatoms. The summed E-state index contributed by atoms with van der Waals surface area (Å²) in [5.74, 6) is -0.685. The van der Waals surface area contributed by atoms with Crippen LogP contribution < -0.4 is 5.32 Å². The molecular formula is C15H19ClFNO2. The molecule has 3 nitrogen and oxygen atoms in total. The molecule has 2 N–H and O–H groups in total. The SMILES string of the molecule is O=C(NC1CCCCCC1CO)c1ccc(F)cc1Cl. The lowest BCUT2D eigenvalue weighted by Gasteiger charge is -2.24. The molecule has 1 aromatic carbocycles. The quantitative estimate of drug-likeness (QED) is 0.842. The average molecular weight is 300 g/mol. The zero-order chi connectivity index (χ0) is 14.5. The molecule has 0 spiro atoms. The van der Waals surface area contributed by atoms with Crippen molar-refractivity contribution in [3.8, 4) is 0 Å². The summed E-state index contributed by atoms with van der Waals surface area (Å²) in [4.78, 5) is 12.2. The van der Waals surface area contributed by atoms with E-state index in [-0.39, 0.29) is 35.1 Å². The van der Waals surface area contributed by atoms with Gasteiger partial charge >= 0.3 is 0 Å². The third-order valence-electron chi connectivity index (χ3n) is 3.89. The molecule has 1 amide bonds. The van der Waals surface area contributed by atoms with E-state index in [9.17, 15) is 14.3 Å². The standard InChI is InChI=1S/C15H19ClFNO2/c16-13-8-11(17)6-7-12(13)15(20)18-14-5-3-1-2-4-10(14)9-19/h6-8,10,14,19H,1-5,9H2,(H,18,20). The summed E-state index contributed by atoms with van der Waals surface area (Å²) in [5.41, 5.74) is 0.272. The summed E-state index contributed by atoms with van der Waals surface area (Å²) in [7, 11) is 0. The topological polar surface area (TPSA) is 49.3 Å². The summed E-state index contributed by atoms with van der Waals surface area (Å²) in [6.07, 6.45) is 5.02. The van der Waals surface area contributed by atoms with Crippen LogP contribution in [0.15, 0.2) is 18.2 Å². The van der Waals surface area contributed by atoms with E-state index in [4.69, 9.17) is 11.6 Å². The summed E-state index contributed by atoms with van der Waals surface area (Å²) < 4.78 is 13.0. The first-order valence-electron chi connectivity index (χ1n) is 6.98. The van der Waals surface area contributed by atoms with E-state index in [1.165, 1.54) is 12.1 Å². The highest BCUT2D eigenvalue weighted by Gasteiger charge is 2.25. The molecule has 1 saturated carbocycles. The fourth-order valence-corrected chi connectivity index (χ4v) is 2.97. The largest absolute Gasteiger partial charge is 0.396 e. The van der Waals surface area contributed by atoms with Crippen molar-refractivity contribution in [1.29, 1.82) is 0 Å². The first-order valence-corrected chi connectivity index (χ1v) is 7.36. The Balaban J connectivity index is 2.09. The number of benzene rings is 1. The second-order valence-electron chi connectivity index (χ2n) is 5.28. The van der Waals surface area contributed by atoms with Crippen LogP contribution in [0.4, 0.5) is 4.39 Å². The van der Waals surface area contributed by atoms with Crippen LogP contribution in [-0.2, 0) is 0 Å². The molecule has 1 aromatic rings. The fourth-order valence-electron chi connectivity index (χ4n) is 2.71.